The average Bonchev–Trinajstić information content (AvgIpc) is 2.28. The van der Waals surface area contributed by atoms with Crippen molar-refractivity contribution >= 4 is 10.8 Å². The third kappa shape index (κ3) is 2.00. The fourth-order valence-corrected chi connectivity index (χ4v) is 1.89. The Balaban J connectivity index is 2.53. The van der Waals surface area contributed by atoms with Crippen molar-refractivity contribution in [2.24, 2.45) is 5.73 Å². The fourth-order valence-electron chi connectivity index (χ4n) is 1.89. The lowest BCUT2D eigenvalue weighted by Crippen LogP contribution is -2.02. The molecule has 0 saturated heterocycles. The van der Waals surface area contributed by atoms with E-state index in [0.717, 1.165) is 12.8 Å². The molecule has 2 nitrogen and oxygen atoms in total. The van der Waals surface area contributed by atoms with Crippen LogP contribution in [0.3, 0.4) is 0 Å². The van der Waals surface area contributed by atoms with Crippen LogP contribution in [0.5, 0.6) is 0 Å². The third-order valence-corrected chi connectivity index (χ3v) is 2.72. The minimum Gasteiger partial charge on any atom is -0.330 e. The predicted molar refractivity (Wildman–Crippen MR) is 63.9 cm³/mol. The number of hydrogen-bond acceptors (Lipinski definition) is 2. The van der Waals surface area contributed by atoms with Crippen LogP contribution in [0, 0.1) is 0 Å². The normalized spacial score (nSPS) is 10.8. The number of nitrogens with zero attached hydrogens (tertiary/aromatic N) is 1. The minimum absolute atomic E-state index is 0.701. The van der Waals surface area contributed by atoms with E-state index in [1.54, 1.807) is 0 Å². The molecular weight excluding hydrogens is 184 g/mol. The molecule has 1 heterocycles. The van der Waals surface area contributed by atoms with Gasteiger partial charge in [-0.25, -0.2) is 0 Å². The van der Waals surface area contributed by atoms with E-state index in [1.165, 1.54) is 21.9 Å². The van der Waals surface area contributed by atoms with E-state index in [-0.39, 0.29) is 0 Å². The van der Waals surface area contributed by atoms with E-state index in [9.17, 15) is 0 Å². The van der Waals surface area contributed by atoms with Gasteiger partial charge in [-0.2, -0.15) is 0 Å². The Morgan fingerprint density at radius 3 is 2.87 bits per heavy atom. The molecule has 78 valence electrons. The maximum absolute atomic E-state index is 5.55. The lowest BCUT2D eigenvalue weighted by Gasteiger charge is -2.05. The van der Waals surface area contributed by atoms with Crippen molar-refractivity contribution in [3.8, 4) is 0 Å². The number of aromatic nitrogens is 1. The van der Waals surface area contributed by atoms with Gasteiger partial charge < -0.3 is 5.73 Å². The van der Waals surface area contributed by atoms with Gasteiger partial charge in [-0.3, -0.25) is 4.98 Å². The SMILES string of the molecule is CCc1cncc2cc(CCN)ccc12. The highest BCUT2D eigenvalue weighted by Gasteiger charge is 2.00. The van der Waals surface area contributed by atoms with Gasteiger partial charge >= 0.3 is 0 Å². The van der Waals surface area contributed by atoms with Gasteiger partial charge in [0.15, 0.2) is 0 Å². The molecule has 1 aromatic heterocycles. The van der Waals surface area contributed by atoms with Crippen LogP contribution < -0.4 is 5.73 Å². The van der Waals surface area contributed by atoms with Crippen LogP contribution >= 0.6 is 0 Å². The van der Waals surface area contributed by atoms with Gasteiger partial charge in [-0.1, -0.05) is 19.1 Å². The summed E-state index contributed by atoms with van der Waals surface area (Å²) in [7, 11) is 0. The number of pyridine rings is 1. The van der Waals surface area contributed by atoms with Gasteiger partial charge in [0.2, 0.25) is 0 Å². The zero-order chi connectivity index (χ0) is 10.7. The Morgan fingerprint density at radius 1 is 1.27 bits per heavy atom. The van der Waals surface area contributed by atoms with Crippen molar-refractivity contribution in [2.45, 2.75) is 19.8 Å². The van der Waals surface area contributed by atoms with Crippen molar-refractivity contribution in [3.05, 3.63) is 41.7 Å². The summed E-state index contributed by atoms with van der Waals surface area (Å²) in [5, 5.41) is 2.54. The van der Waals surface area contributed by atoms with Gasteiger partial charge in [-0.05, 0) is 42.0 Å². The van der Waals surface area contributed by atoms with Crippen molar-refractivity contribution in [1.82, 2.24) is 4.98 Å². The number of nitrogens with two attached hydrogens (primary N) is 1. The van der Waals surface area contributed by atoms with Crippen molar-refractivity contribution in [1.29, 1.82) is 0 Å². The van der Waals surface area contributed by atoms with Gasteiger partial charge in [0.05, 0.1) is 0 Å². The standard InChI is InChI=1S/C13H16N2/c1-2-11-8-15-9-12-7-10(5-6-14)3-4-13(11)12/h3-4,7-9H,2,5-6,14H2,1H3. The van der Waals surface area contributed by atoms with Gasteiger partial charge in [0.1, 0.15) is 0 Å². The van der Waals surface area contributed by atoms with Crippen molar-refractivity contribution in [3.63, 3.8) is 0 Å². The van der Waals surface area contributed by atoms with Crippen LogP contribution in [0.1, 0.15) is 18.1 Å². The summed E-state index contributed by atoms with van der Waals surface area (Å²) in [6, 6.07) is 6.53. The Kier molecular flexibility index (Phi) is 2.97. The molecule has 2 N–H and O–H groups in total. The minimum atomic E-state index is 0.701. The van der Waals surface area contributed by atoms with Gasteiger partial charge in [0, 0.05) is 17.8 Å². The molecule has 0 spiro atoms. The van der Waals surface area contributed by atoms with Crippen LogP contribution in [0.2, 0.25) is 0 Å². The molecule has 0 aliphatic rings. The first-order chi connectivity index (χ1) is 7.35. The van der Waals surface area contributed by atoms with Crippen LogP contribution in [0.4, 0.5) is 0 Å². The number of hydrogen-bond donors (Lipinski definition) is 1. The summed E-state index contributed by atoms with van der Waals surface area (Å²) in [6.45, 7) is 2.86. The Bertz CT molecular complexity index is 463. The second kappa shape index (κ2) is 4.41. The maximum Gasteiger partial charge on any atom is 0.0346 e. The first kappa shape index (κ1) is 10.1. The molecule has 0 aliphatic heterocycles. The van der Waals surface area contributed by atoms with E-state index in [0.29, 0.717) is 6.54 Å². The number of aryl methyl sites for hydroxylation is 1. The first-order valence-corrected chi connectivity index (χ1v) is 5.40. The molecule has 2 heteroatoms. The predicted octanol–water partition coefficient (Wildman–Crippen LogP) is 2.30. The number of benzene rings is 1. The average molecular weight is 200 g/mol. The van der Waals surface area contributed by atoms with Crippen LogP contribution in [0.25, 0.3) is 10.8 Å². The molecule has 2 aromatic rings. The van der Waals surface area contributed by atoms with Crippen molar-refractivity contribution < 1.29 is 0 Å². The van der Waals surface area contributed by atoms with Crippen LogP contribution in [0.15, 0.2) is 30.6 Å². The highest BCUT2D eigenvalue weighted by Crippen LogP contribution is 2.19. The summed E-state index contributed by atoms with van der Waals surface area (Å²) >= 11 is 0. The summed E-state index contributed by atoms with van der Waals surface area (Å²) in [5.74, 6) is 0. The molecule has 0 bridgehead atoms. The molecule has 0 unspecified atom stereocenters. The number of rotatable bonds is 3. The van der Waals surface area contributed by atoms with E-state index in [1.807, 2.05) is 12.4 Å². The summed E-state index contributed by atoms with van der Waals surface area (Å²) in [5.41, 5.74) is 8.15. The Hall–Kier alpha value is -1.41. The van der Waals surface area contributed by atoms with Gasteiger partial charge in [0.25, 0.3) is 0 Å². The van der Waals surface area contributed by atoms with E-state index in [4.69, 9.17) is 5.73 Å². The molecular formula is C13H16N2. The lowest BCUT2D eigenvalue weighted by molar-refractivity contribution is 0.970. The zero-order valence-electron chi connectivity index (χ0n) is 9.03. The van der Waals surface area contributed by atoms with E-state index >= 15 is 0 Å². The second-order valence-electron chi connectivity index (χ2n) is 3.75. The van der Waals surface area contributed by atoms with E-state index in [2.05, 4.69) is 30.1 Å². The largest absolute Gasteiger partial charge is 0.330 e. The molecule has 15 heavy (non-hydrogen) atoms. The molecule has 0 aliphatic carbocycles. The lowest BCUT2D eigenvalue weighted by atomic mass is 10.0. The molecule has 0 fully saturated rings. The quantitative estimate of drug-likeness (QED) is 0.825. The van der Waals surface area contributed by atoms with Gasteiger partial charge in [-0.15, -0.1) is 0 Å². The fraction of sp³-hybridized carbons (Fsp3) is 0.308. The summed E-state index contributed by atoms with van der Waals surface area (Å²) in [4.78, 5) is 4.25. The Morgan fingerprint density at radius 2 is 2.13 bits per heavy atom. The molecule has 0 radical (unpaired) electrons. The summed E-state index contributed by atoms with van der Waals surface area (Å²) < 4.78 is 0. The highest BCUT2D eigenvalue weighted by atomic mass is 14.6. The van der Waals surface area contributed by atoms with Crippen LogP contribution in [-0.2, 0) is 12.8 Å². The molecule has 0 atom stereocenters. The highest BCUT2D eigenvalue weighted by molar-refractivity contribution is 5.85. The van der Waals surface area contributed by atoms with E-state index < -0.39 is 0 Å². The molecule has 1 aromatic carbocycles. The molecule has 0 amide bonds. The topological polar surface area (TPSA) is 38.9 Å². The third-order valence-electron chi connectivity index (χ3n) is 2.72. The maximum atomic E-state index is 5.55. The Labute approximate surface area is 90.1 Å². The zero-order valence-corrected chi connectivity index (χ0v) is 9.03. The summed E-state index contributed by atoms with van der Waals surface area (Å²) in [6.07, 6.45) is 5.84. The molecule has 2 rings (SSSR count). The smallest absolute Gasteiger partial charge is 0.0346 e. The first-order valence-electron chi connectivity index (χ1n) is 5.40. The molecule has 0 saturated carbocycles. The van der Waals surface area contributed by atoms with Crippen LogP contribution in [-0.4, -0.2) is 11.5 Å². The number of fused-ring (bicyclic) bond motifs is 1. The second-order valence-corrected chi connectivity index (χ2v) is 3.75. The monoisotopic (exact) mass is 200 g/mol. The van der Waals surface area contributed by atoms with Crippen molar-refractivity contribution in [2.75, 3.05) is 6.54 Å².